The minimum Gasteiger partial charge on any atom is -0.496 e. The molecule has 0 unspecified atom stereocenters. The summed E-state index contributed by atoms with van der Waals surface area (Å²) in [6.45, 7) is 10.0. The number of ether oxygens (including phenoxy) is 1. The second kappa shape index (κ2) is 6.07. The van der Waals surface area contributed by atoms with E-state index in [0.717, 1.165) is 24.8 Å². The summed E-state index contributed by atoms with van der Waals surface area (Å²) in [5.41, 5.74) is 3.93. The van der Waals surface area contributed by atoms with E-state index in [2.05, 4.69) is 55.0 Å². The van der Waals surface area contributed by atoms with E-state index in [1.807, 2.05) is 0 Å². The number of hydrogen-bond donors (Lipinski definition) is 1. The van der Waals surface area contributed by atoms with Gasteiger partial charge in [-0.3, -0.25) is 0 Å². The third-order valence-electron chi connectivity index (χ3n) is 4.30. The summed E-state index contributed by atoms with van der Waals surface area (Å²) in [4.78, 5) is 0. The van der Waals surface area contributed by atoms with E-state index >= 15 is 0 Å². The van der Waals surface area contributed by atoms with Gasteiger partial charge in [0.1, 0.15) is 5.75 Å². The molecule has 0 aromatic heterocycles. The summed E-state index contributed by atoms with van der Waals surface area (Å²) in [6.07, 6.45) is 3.81. The molecule has 0 amide bonds. The molecule has 112 valence electrons. The minimum atomic E-state index is 0.103. The summed E-state index contributed by atoms with van der Waals surface area (Å²) >= 11 is 3.68. The standard InChI is InChI=1S/C17H26BrNO/c1-11-10-14(18)12(2)15(16(11)20-5)17(3,4)8-9-19-13-6-7-13/h10,13,19H,6-9H2,1-5H3. The van der Waals surface area contributed by atoms with Crippen LogP contribution in [0.1, 0.15) is 49.8 Å². The number of hydrogen-bond acceptors (Lipinski definition) is 2. The van der Waals surface area contributed by atoms with Gasteiger partial charge in [0.15, 0.2) is 0 Å². The molecule has 2 nitrogen and oxygen atoms in total. The Morgan fingerprint density at radius 2 is 2.00 bits per heavy atom. The van der Waals surface area contributed by atoms with E-state index in [9.17, 15) is 0 Å². The first kappa shape index (κ1) is 15.8. The van der Waals surface area contributed by atoms with Crippen molar-refractivity contribution in [2.24, 2.45) is 0 Å². The summed E-state index contributed by atoms with van der Waals surface area (Å²) in [7, 11) is 1.78. The summed E-state index contributed by atoms with van der Waals surface area (Å²) < 4.78 is 6.87. The molecule has 0 radical (unpaired) electrons. The van der Waals surface area contributed by atoms with Crippen LogP contribution in [0.25, 0.3) is 0 Å². The lowest BCUT2D eigenvalue weighted by Crippen LogP contribution is -2.28. The molecule has 1 aliphatic rings. The van der Waals surface area contributed by atoms with Crippen molar-refractivity contribution in [2.45, 2.75) is 58.4 Å². The second-order valence-corrected chi connectivity index (χ2v) is 7.43. The van der Waals surface area contributed by atoms with Crippen LogP contribution in [0, 0.1) is 13.8 Å². The van der Waals surface area contributed by atoms with Crippen molar-refractivity contribution in [2.75, 3.05) is 13.7 Å². The minimum absolute atomic E-state index is 0.103. The molecule has 0 saturated heterocycles. The Labute approximate surface area is 131 Å². The lowest BCUT2D eigenvalue weighted by Gasteiger charge is -2.30. The van der Waals surface area contributed by atoms with Crippen LogP contribution in [0.4, 0.5) is 0 Å². The molecule has 1 N–H and O–H groups in total. The summed E-state index contributed by atoms with van der Waals surface area (Å²) in [6, 6.07) is 2.92. The molecule has 1 saturated carbocycles. The Morgan fingerprint density at radius 1 is 1.35 bits per heavy atom. The Hall–Kier alpha value is -0.540. The molecule has 0 aliphatic heterocycles. The summed E-state index contributed by atoms with van der Waals surface area (Å²) in [5.74, 6) is 1.04. The van der Waals surface area contributed by atoms with E-state index in [1.54, 1.807) is 7.11 Å². The van der Waals surface area contributed by atoms with Gasteiger partial charge in [0.2, 0.25) is 0 Å². The first-order chi connectivity index (χ1) is 9.36. The predicted octanol–water partition coefficient (Wildman–Crippen LogP) is 4.49. The maximum Gasteiger partial charge on any atom is 0.125 e. The quantitative estimate of drug-likeness (QED) is 0.824. The number of halogens is 1. The zero-order valence-corrected chi connectivity index (χ0v) is 14.9. The van der Waals surface area contributed by atoms with E-state index in [1.165, 1.54) is 34.0 Å². The highest BCUT2D eigenvalue weighted by Crippen LogP contribution is 2.41. The number of rotatable bonds is 6. The molecule has 0 heterocycles. The van der Waals surface area contributed by atoms with E-state index in [-0.39, 0.29) is 5.41 Å². The van der Waals surface area contributed by atoms with Gasteiger partial charge in [0.25, 0.3) is 0 Å². The maximum atomic E-state index is 5.70. The van der Waals surface area contributed by atoms with Crippen molar-refractivity contribution in [1.82, 2.24) is 5.32 Å². The van der Waals surface area contributed by atoms with Gasteiger partial charge in [-0.2, -0.15) is 0 Å². The fourth-order valence-electron chi connectivity index (χ4n) is 2.93. The number of methoxy groups -OCH3 is 1. The molecule has 0 atom stereocenters. The van der Waals surface area contributed by atoms with Crippen molar-refractivity contribution in [3.8, 4) is 5.75 Å². The maximum absolute atomic E-state index is 5.70. The van der Waals surface area contributed by atoms with Gasteiger partial charge in [-0.25, -0.2) is 0 Å². The normalized spacial score (nSPS) is 15.5. The van der Waals surface area contributed by atoms with Crippen molar-refractivity contribution in [3.05, 3.63) is 27.2 Å². The van der Waals surface area contributed by atoms with Crippen molar-refractivity contribution >= 4 is 15.9 Å². The van der Waals surface area contributed by atoms with Crippen molar-refractivity contribution < 1.29 is 4.74 Å². The first-order valence-corrected chi connectivity index (χ1v) is 8.23. The van der Waals surface area contributed by atoms with Crippen LogP contribution >= 0.6 is 15.9 Å². The van der Waals surface area contributed by atoms with Gasteiger partial charge in [0.05, 0.1) is 7.11 Å². The van der Waals surface area contributed by atoms with Gasteiger partial charge in [-0.1, -0.05) is 29.8 Å². The van der Waals surface area contributed by atoms with Gasteiger partial charge in [-0.15, -0.1) is 0 Å². The van der Waals surface area contributed by atoms with Crippen LogP contribution in [-0.4, -0.2) is 19.7 Å². The van der Waals surface area contributed by atoms with E-state index in [4.69, 9.17) is 4.74 Å². The topological polar surface area (TPSA) is 21.3 Å². The molecule has 3 heteroatoms. The highest BCUT2D eigenvalue weighted by Gasteiger charge is 2.29. The molecule has 1 aromatic carbocycles. The molecule has 0 bridgehead atoms. The summed E-state index contributed by atoms with van der Waals surface area (Å²) in [5, 5.41) is 3.62. The molecule has 1 aromatic rings. The van der Waals surface area contributed by atoms with Crippen LogP contribution in [0.3, 0.4) is 0 Å². The fourth-order valence-corrected chi connectivity index (χ4v) is 3.47. The average Bonchev–Trinajstić information content (AvgIpc) is 3.17. The van der Waals surface area contributed by atoms with Crippen molar-refractivity contribution in [3.63, 3.8) is 0 Å². The third-order valence-corrected chi connectivity index (χ3v) is 5.13. The Balaban J connectivity index is 2.27. The zero-order valence-electron chi connectivity index (χ0n) is 13.3. The third kappa shape index (κ3) is 3.37. The van der Waals surface area contributed by atoms with Gasteiger partial charge < -0.3 is 10.1 Å². The van der Waals surface area contributed by atoms with Gasteiger partial charge >= 0.3 is 0 Å². The SMILES string of the molecule is COc1c(C)cc(Br)c(C)c1C(C)(C)CCNC1CC1. The largest absolute Gasteiger partial charge is 0.496 e. The molecule has 1 fully saturated rings. The van der Waals surface area contributed by atoms with Gasteiger partial charge in [-0.05, 0) is 62.3 Å². The van der Waals surface area contributed by atoms with Crippen molar-refractivity contribution in [1.29, 1.82) is 0 Å². The molecule has 1 aliphatic carbocycles. The van der Waals surface area contributed by atoms with Crippen LogP contribution in [0.15, 0.2) is 10.5 Å². The van der Waals surface area contributed by atoms with Crippen LogP contribution in [-0.2, 0) is 5.41 Å². The van der Waals surface area contributed by atoms with Crippen LogP contribution in [0.5, 0.6) is 5.75 Å². The molecule has 20 heavy (non-hydrogen) atoms. The fraction of sp³-hybridized carbons (Fsp3) is 0.647. The Bertz CT molecular complexity index is 492. The predicted molar refractivity (Wildman–Crippen MR) is 88.8 cm³/mol. The second-order valence-electron chi connectivity index (χ2n) is 6.57. The number of aryl methyl sites for hydroxylation is 1. The Morgan fingerprint density at radius 3 is 2.55 bits per heavy atom. The monoisotopic (exact) mass is 339 g/mol. The van der Waals surface area contributed by atoms with Gasteiger partial charge in [0, 0.05) is 16.1 Å². The van der Waals surface area contributed by atoms with E-state index < -0.39 is 0 Å². The number of benzene rings is 1. The highest BCUT2D eigenvalue weighted by atomic mass is 79.9. The molecular formula is C17H26BrNO. The Kier molecular flexibility index (Phi) is 4.80. The van der Waals surface area contributed by atoms with Crippen LogP contribution in [0.2, 0.25) is 0 Å². The van der Waals surface area contributed by atoms with E-state index in [0.29, 0.717) is 0 Å². The smallest absolute Gasteiger partial charge is 0.125 e. The van der Waals surface area contributed by atoms with Crippen LogP contribution < -0.4 is 10.1 Å². The average molecular weight is 340 g/mol. The molecule has 0 spiro atoms. The lowest BCUT2D eigenvalue weighted by molar-refractivity contribution is 0.378. The highest BCUT2D eigenvalue weighted by molar-refractivity contribution is 9.10. The first-order valence-electron chi connectivity index (χ1n) is 7.44. The zero-order chi connectivity index (χ0) is 14.9. The number of nitrogens with one attached hydrogen (secondary N) is 1. The molecular weight excluding hydrogens is 314 g/mol. The lowest BCUT2D eigenvalue weighted by atomic mass is 9.78. The molecule has 2 rings (SSSR count).